The van der Waals surface area contributed by atoms with Gasteiger partial charge in [-0.05, 0) is 31.3 Å². The summed E-state index contributed by atoms with van der Waals surface area (Å²) in [7, 11) is 0. The topological polar surface area (TPSA) is 57.5 Å². The molecule has 0 saturated carbocycles. The Kier molecular flexibility index (Phi) is 3.19. The van der Waals surface area contributed by atoms with Crippen LogP contribution in [0.1, 0.15) is 17.3 Å². The van der Waals surface area contributed by atoms with Gasteiger partial charge in [0.1, 0.15) is 5.75 Å². The Morgan fingerprint density at radius 2 is 2.00 bits per heavy atom. The van der Waals surface area contributed by atoms with Crippen LogP contribution in [0.3, 0.4) is 0 Å². The van der Waals surface area contributed by atoms with Crippen molar-refractivity contribution in [1.29, 1.82) is 0 Å². The third kappa shape index (κ3) is 2.09. The van der Waals surface area contributed by atoms with Gasteiger partial charge in [-0.2, -0.15) is 0 Å². The molecule has 1 aromatic carbocycles. The zero-order valence-corrected chi connectivity index (χ0v) is 8.41. The molecular formula is C10H10O3S. The van der Waals surface area contributed by atoms with Gasteiger partial charge in [0, 0.05) is 0 Å². The number of thiocarbonyl (C=S) groups is 1. The summed E-state index contributed by atoms with van der Waals surface area (Å²) < 4.78 is 0. The van der Waals surface area contributed by atoms with Crippen molar-refractivity contribution in [3.63, 3.8) is 0 Å². The van der Waals surface area contributed by atoms with Crippen LogP contribution >= 0.6 is 12.2 Å². The van der Waals surface area contributed by atoms with Gasteiger partial charge in [0.05, 0.1) is 11.5 Å². The first-order valence-corrected chi connectivity index (χ1v) is 4.50. The highest BCUT2D eigenvalue weighted by atomic mass is 32.1. The van der Waals surface area contributed by atoms with Crippen molar-refractivity contribution >= 4 is 23.1 Å². The lowest BCUT2D eigenvalue weighted by molar-refractivity contribution is 0.0953. The van der Waals surface area contributed by atoms with Gasteiger partial charge < -0.3 is 10.2 Å². The van der Waals surface area contributed by atoms with E-state index in [2.05, 4.69) is 12.2 Å². The number of para-hydroxylation sites is 1. The molecule has 0 bridgehead atoms. The number of hydrogen-bond acceptors (Lipinski definition) is 3. The standard InChI is InChI=1S/C10H10O3S/c1-6(10(13)14)9(12)7-4-2-3-5-8(7)11/h2-6,11H,1H3,(H,13,14). The van der Waals surface area contributed by atoms with Crippen LogP contribution in [0.5, 0.6) is 5.75 Å². The van der Waals surface area contributed by atoms with E-state index in [4.69, 9.17) is 5.11 Å². The van der Waals surface area contributed by atoms with E-state index < -0.39 is 5.92 Å². The molecule has 4 heteroatoms. The second kappa shape index (κ2) is 4.19. The molecule has 1 atom stereocenters. The van der Waals surface area contributed by atoms with Gasteiger partial charge in [-0.25, -0.2) is 0 Å². The Morgan fingerprint density at radius 1 is 1.43 bits per heavy atom. The summed E-state index contributed by atoms with van der Waals surface area (Å²) in [5, 5.41) is 18.0. The number of aromatic hydroxyl groups is 1. The van der Waals surface area contributed by atoms with Crippen LogP contribution in [0.15, 0.2) is 24.3 Å². The number of carbonyl (C=O) groups is 1. The normalized spacial score (nSPS) is 12.1. The number of Topliss-reactive ketones (excluding diaryl/α,β-unsaturated/α-hetero) is 1. The smallest absolute Gasteiger partial charge is 0.177 e. The number of carbonyl (C=O) groups excluding carboxylic acids is 1. The summed E-state index contributed by atoms with van der Waals surface area (Å²) in [4.78, 5) is 11.6. The number of phenols is 1. The number of phenolic OH excluding ortho intramolecular Hbond substituents is 1. The van der Waals surface area contributed by atoms with Gasteiger partial charge in [0.25, 0.3) is 0 Å². The third-order valence-corrected chi connectivity index (χ3v) is 2.29. The number of ketones is 1. The zero-order valence-electron chi connectivity index (χ0n) is 7.60. The molecule has 1 unspecified atom stereocenters. The molecule has 3 nitrogen and oxygen atoms in total. The Balaban J connectivity index is 3.01. The third-order valence-electron chi connectivity index (χ3n) is 1.93. The number of hydrogen-bond donors (Lipinski definition) is 2. The van der Waals surface area contributed by atoms with Crippen molar-refractivity contribution in [2.24, 2.45) is 5.92 Å². The highest BCUT2D eigenvalue weighted by Crippen LogP contribution is 2.19. The van der Waals surface area contributed by atoms with E-state index in [0.29, 0.717) is 0 Å². The second-order valence-electron chi connectivity index (χ2n) is 2.94. The summed E-state index contributed by atoms with van der Waals surface area (Å²) in [6.45, 7) is 1.50. The van der Waals surface area contributed by atoms with Crippen molar-refractivity contribution < 1.29 is 15.0 Å². The molecule has 0 aliphatic heterocycles. The molecule has 14 heavy (non-hydrogen) atoms. The molecule has 2 N–H and O–H groups in total. The highest BCUT2D eigenvalue weighted by Gasteiger charge is 2.21. The van der Waals surface area contributed by atoms with Gasteiger partial charge in [0.15, 0.2) is 10.8 Å². The SMILES string of the molecule is CC(C(=O)c1ccccc1O)C(O)=S. The summed E-state index contributed by atoms with van der Waals surface area (Å²) in [6.07, 6.45) is 0. The lowest BCUT2D eigenvalue weighted by Crippen LogP contribution is -2.19. The van der Waals surface area contributed by atoms with E-state index in [0.717, 1.165) is 0 Å². The number of aliphatic hydroxyl groups is 1. The predicted octanol–water partition coefficient (Wildman–Crippen LogP) is 2.10. The van der Waals surface area contributed by atoms with E-state index in [1.165, 1.54) is 19.1 Å². The average Bonchev–Trinajstić information content (AvgIpc) is 2.16. The Bertz CT molecular complexity index is 373. The first kappa shape index (κ1) is 10.7. The van der Waals surface area contributed by atoms with E-state index in [1.54, 1.807) is 12.1 Å². The Labute approximate surface area is 87.0 Å². The van der Waals surface area contributed by atoms with Crippen molar-refractivity contribution in [1.82, 2.24) is 0 Å². The first-order valence-electron chi connectivity index (χ1n) is 4.09. The van der Waals surface area contributed by atoms with Crippen LogP contribution < -0.4 is 0 Å². The minimum atomic E-state index is -0.765. The fraction of sp³-hybridized carbons (Fsp3) is 0.200. The molecule has 0 fully saturated rings. The predicted molar refractivity (Wildman–Crippen MR) is 56.8 cm³/mol. The Hall–Kier alpha value is -1.42. The van der Waals surface area contributed by atoms with Gasteiger partial charge >= 0.3 is 0 Å². The fourth-order valence-corrected chi connectivity index (χ4v) is 1.13. The average molecular weight is 210 g/mol. The van der Waals surface area contributed by atoms with E-state index >= 15 is 0 Å². The number of benzene rings is 1. The number of aliphatic hydroxyl groups excluding tert-OH is 1. The van der Waals surface area contributed by atoms with Crippen LogP contribution in [0, 0.1) is 5.92 Å². The number of rotatable bonds is 3. The van der Waals surface area contributed by atoms with Crippen LogP contribution in [0.2, 0.25) is 0 Å². The molecule has 0 aliphatic rings. The summed E-state index contributed by atoms with van der Waals surface area (Å²) in [5.74, 6) is -1.24. The van der Waals surface area contributed by atoms with Crippen LogP contribution in [-0.2, 0) is 0 Å². The zero-order chi connectivity index (χ0) is 10.7. The van der Waals surface area contributed by atoms with Crippen molar-refractivity contribution in [3.8, 4) is 5.75 Å². The monoisotopic (exact) mass is 210 g/mol. The van der Waals surface area contributed by atoms with Gasteiger partial charge in [0.2, 0.25) is 0 Å². The maximum Gasteiger partial charge on any atom is 0.177 e. The van der Waals surface area contributed by atoms with Crippen molar-refractivity contribution in [2.75, 3.05) is 0 Å². The minimum Gasteiger partial charge on any atom is -0.507 e. The minimum absolute atomic E-state index is 0.0967. The van der Waals surface area contributed by atoms with Crippen molar-refractivity contribution in [2.45, 2.75) is 6.92 Å². The molecule has 74 valence electrons. The first-order chi connectivity index (χ1) is 6.54. The lowest BCUT2D eigenvalue weighted by Gasteiger charge is -2.08. The maximum atomic E-state index is 11.6. The van der Waals surface area contributed by atoms with E-state index in [-0.39, 0.29) is 22.1 Å². The van der Waals surface area contributed by atoms with Gasteiger partial charge in [-0.1, -0.05) is 12.1 Å². The maximum absolute atomic E-state index is 11.6. The molecule has 1 rings (SSSR count). The molecular weight excluding hydrogens is 200 g/mol. The second-order valence-corrected chi connectivity index (χ2v) is 3.36. The highest BCUT2D eigenvalue weighted by molar-refractivity contribution is 7.80. The summed E-state index contributed by atoms with van der Waals surface area (Å²) in [5.41, 5.74) is 0.177. The molecule has 0 saturated heterocycles. The van der Waals surface area contributed by atoms with Crippen LogP contribution in [-0.4, -0.2) is 21.0 Å². The Morgan fingerprint density at radius 3 is 2.50 bits per heavy atom. The van der Waals surface area contributed by atoms with Crippen LogP contribution in [0.4, 0.5) is 0 Å². The lowest BCUT2D eigenvalue weighted by atomic mass is 9.99. The molecule has 1 aromatic rings. The molecule has 0 heterocycles. The summed E-state index contributed by atoms with van der Waals surface area (Å²) in [6, 6.07) is 6.17. The van der Waals surface area contributed by atoms with E-state index in [9.17, 15) is 9.90 Å². The molecule has 0 amide bonds. The largest absolute Gasteiger partial charge is 0.507 e. The molecule has 0 spiro atoms. The molecule has 0 aliphatic carbocycles. The van der Waals surface area contributed by atoms with Gasteiger partial charge in [-0.15, -0.1) is 0 Å². The van der Waals surface area contributed by atoms with Crippen molar-refractivity contribution in [3.05, 3.63) is 29.8 Å². The van der Waals surface area contributed by atoms with Gasteiger partial charge in [-0.3, -0.25) is 4.79 Å². The molecule has 0 radical (unpaired) electrons. The fourth-order valence-electron chi connectivity index (χ4n) is 1.03. The van der Waals surface area contributed by atoms with E-state index in [1.807, 2.05) is 0 Å². The van der Waals surface area contributed by atoms with Crippen LogP contribution in [0.25, 0.3) is 0 Å². The molecule has 0 aromatic heterocycles. The quantitative estimate of drug-likeness (QED) is 0.592. The summed E-state index contributed by atoms with van der Waals surface area (Å²) >= 11 is 4.49.